The smallest absolute Gasteiger partial charge is 0.308 e. The van der Waals surface area contributed by atoms with E-state index in [1.807, 2.05) is 17.5 Å². The molecule has 0 bridgehead atoms. The molecular weight excluding hydrogens is 376 g/mol. The number of esters is 1. The first-order valence-corrected chi connectivity index (χ1v) is 9.25. The molecule has 0 spiro atoms. The van der Waals surface area contributed by atoms with Gasteiger partial charge in [0.2, 0.25) is 0 Å². The topological polar surface area (TPSA) is 84.5 Å². The number of nitrogens with one attached hydrogen (secondary N) is 2. The summed E-state index contributed by atoms with van der Waals surface area (Å²) in [5.74, 6) is -1.23. The molecule has 2 amide bonds. The zero-order valence-electron chi connectivity index (χ0n) is 14.2. The predicted molar refractivity (Wildman–Crippen MR) is 100 cm³/mol. The lowest BCUT2D eigenvalue weighted by molar-refractivity contribution is -0.154. The summed E-state index contributed by atoms with van der Waals surface area (Å²) in [7, 11) is 0. The maximum absolute atomic E-state index is 11.9. The number of hydrogen-bond donors (Lipinski definition) is 2. The number of carbonyl (C=O) groups excluding carboxylic acids is 3. The Morgan fingerprint density at radius 3 is 2.54 bits per heavy atom. The fourth-order valence-corrected chi connectivity index (χ4v) is 2.79. The third-order valence-electron chi connectivity index (χ3n) is 3.42. The number of carbonyl (C=O) groups is 3. The fraction of sp³-hybridized carbons (Fsp3) is 0.278. The molecule has 0 fully saturated rings. The Balaban J connectivity index is 1.66. The molecule has 26 heavy (non-hydrogen) atoms. The molecule has 6 nitrogen and oxygen atoms in total. The minimum absolute atomic E-state index is 0.0259. The lowest BCUT2D eigenvalue weighted by Crippen LogP contribution is -2.36. The van der Waals surface area contributed by atoms with Crippen molar-refractivity contribution in [1.82, 2.24) is 10.6 Å². The molecule has 2 rings (SSSR count). The molecule has 0 aliphatic heterocycles. The van der Waals surface area contributed by atoms with Crippen molar-refractivity contribution < 1.29 is 19.1 Å². The number of ether oxygens (including phenoxy) is 1. The number of rotatable bonds is 8. The number of benzene rings is 1. The summed E-state index contributed by atoms with van der Waals surface area (Å²) >= 11 is 7.30. The first-order chi connectivity index (χ1) is 12.5. The predicted octanol–water partition coefficient (Wildman–Crippen LogP) is 2.77. The SMILES string of the molecule is C[C@H](OC(=O)CCNC(=O)c1ccc(Cl)cc1)C(=O)NCc1cccs1. The molecule has 0 aliphatic rings. The number of thiophene rings is 1. The van der Waals surface area contributed by atoms with Crippen LogP contribution in [0, 0.1) is 0 Å². The lowest BCUT2D eigenvalue weighted by Gasteiger charge is -2.13. The van der Waals surface area contributed by atoms with Crippen LogP contribution in [0.15, 0.2) is 41.8 Å². The van der Waals surface area contributed by atoms with Crippen LogP contribution in [-0.4, -0.2) is 30.4 Å². The molecular formula is C18H19ClN2O4S. The Morgan fingerprint density at radius 2 is 1.88 bits per heavy atom. The van der Waals surface area contributed by atoms with E-state index in [2.05, 4.69) is 10.6 Å². The van der Waals surface area contributed by atoms with Crippen LogP contribution in [0.25, 0.3) is 0 Å². The van der Waals surface area contributed by atoms with Crippen LogP contribution in [0.2, 0.25) is 5.02 Å². The summed E-state index contributed by atoms with van der Waals surface area (Å²) in [5, 5.41) is 7.78. The maximum atomic E-state index is 11.9. The molecule has 8 heteroatoms. The van der Waals surface area contributed by atoms with Gasteiger partial charge in [-0.15, -0.1) is 11.3 Å². The van der Waals surface area contributed by atoms with E-state index in [-0.39, 0.29) is 24.8 Å². The van der Waals surface area contributed by atoms with E-state index in [0.29, 0.717) is 17.1 Å². The molecule has 2 N–H and O–H groups in total. The summed E-state index contributed by atoms with van der Waals surface area (Å²) < 4.78 is 5.07. The quantitative estimate of drug-likeness (QED) is 0.674. The Labute approximate surface area is 160 Å². The van der Waals surface area contributed by atoms with Crippen molar-refractivity contribution in [3.05, 3.63) is 57.2 Å². The highest BCUT2D eigenvalue weighted by Crippen LogP contribution is 2.09. The molecule has 1 heterocycles. The van der Waals surface area contributed by atoms with Crippen molar-refractivity contribution in [2.75, 3.05) is 6.54 Å². The van der Waals surface area contributed by atoms with Gasteiger partial charge in [0.05, 0.1) is 13.0 Å². The average molecular weight is 395 g/mol. The number of hydrogen-bond acceptors (Lipinski definition) is 5. The minimum Gasteiger partial charge on any atom is -0.452 e. The summed E-state index contributed by atoms with van der Waals surface area (Å²) in [6.07, 6.45) is -0.920. The van der Waals surface area contributed by atoms with E-state index in [9.17, 15) is 14.4 Å². The highest BCUT2D eigenvalue weighted by molar-refractivity contribution is 7.09. The van der Waals surface area contributed by atoms with E-state index >= 15 is 0 Å². The second-order valence-corrected chi connectivity index (χ2v) is 6.91. The molecule has 1 aromatic heterocycles. The van der Waals surface area contributed by atoms with Crippen LogP contribution in [0.1, 0.15) is 28.6 Å². The minimum atomic E-state index is -0.894. The molecule has 1 aromatic carbocycles. The Morgan fingerprint density at radius 1 is 1.15 bits per heavy atom. The van der Waals surface area contributed by atoms with Crippen molar-refractivity contribution in [2.24, 2.45) is 0 Å². The largest absolute Gasteiger partial charge is 0.452 e. The van der Waals surface area contributed by atoms with Gasteiger partial charge in [-0.2, -0.15) is 0 Å². The van der Waals surface area contributed by atoms with Crippen LogP contribution in [-0.2, 0) is 20.9 Å². The molecule has 0 saturated heterocycles. The third kappa shape index (κ3) is 6.50. The van der Waals surface area contributed by atoms with Gasteiger partial charge >= 0.3 is 5.97 Å². The molecule has 0 unspecified atom stereocenters. The van der Waals surface area contributed by atoms with E-state index in [1.165, 1.54) is 18.3 Å². The van der Waals surface area contributed by atoms with Gasteiger partial charge in [0.1, 0.15) is 0 Å². The zero-order chi connectivity index (χ0) is 18.9. The van der Waals surface area contributed by atoms with Crippen molar-refractivity contribution in [1.29, 1.82) is 0 Å². The van der Waals surface area contributed by atoms with E-state index in [4.69, 9.17) is 16.3 Å². The van der Waals surface area contributed by atoms with Gasteiger partial charge in [-0.1, -0.05) is 17.7 Å². The van der Waals surface area contributed by atoms with Crippen LogP contribution in [0.4, 0.5) is 0 Å². The summed E-state index contributed by atoms with van der Waals surface area (Å²) in [6, 6.07) is 10.2. The lowest BCUT2D eigenvalue weighted by atomic mass is 10.2. The standard InChI is InChI=1S/C18H19ClN2O4S/c1-12(17(23)21-11-15-3-2-10-26-15)25-16(22)8-9-20-18(24)13-4-6-14(19)7-5-13/h2-7,10,12H,8-9,11H2,1H3,(H,20,24)(H,21,23)/t12-/m0/s1. The summed E-state index contributed by atoms with van der Waals surface area (Å²) in [5.41, 5.74) is 0.448. The molecule has 0 saturated carbocycles. The van der Waals surface area contributed by atoms with E-state index in [1.54, 1.807) is 24.3 Å². The van der Waals surface area contributed by atoms with Crippen LogP contribution >= 0.6 is 22.9 Å². The second-order valence-electron chi connectivity index (χ2n) is 5.44. The Hall–Kier alpha value is -2.38. The van der Waals surface area contributed by atoms with Crippen LogP contribution in [0.5, 0.6) is 0 Å². The first-order valence-electron chi connectivity index (χ1n) is 7.99. The van der Waals surface area contributed by atoms with Gasteiger partial charge in [0.15, 0.2) is 6.10 Å². The van der Waals surface area contributed by atoms with Crippen molar-refractivity contribution >= 4 is 40.7 Å². The molecule has 0 aliphatic carbocycles. The summed E-state index contributed by atoms with van der Waals surface area (Å²) in [6.45, 7) is 2.02. The zero-order valence-corrected chi connectivity index (χ0v) is 15.7. The molecule has 138 valence electrons. The number of halogens is 1. The van der Waals surface area contributed by atoms with E-state index in [0.717, 1.165) is 4.88 Å². The average Bonchev–Trinajstić information content (AvgIpc) is 3.13. The van der Waals surface area contributed by atoms with Crippen LogP contribution < -0.4 is 10.6 Å². The maximum Gasteiger partial charge on any atom is 0.308 e. The van der Waals surface area contributed by atoms with Gasteiger partial charge in [-0.3, -0.25) is 14.4 Å². The highest BCUT2D eigenvalue weighted by Gasteiger charge is 2.17. The van der Waals surface area contributed by atoms with Gasteiger partial charge in [0, 0.05) is 22.0 Å². The molecule has 1 atom stereocenters. The van der Waals surface area contributed by atoms with Crippen LogP contribution in [0.3, 0.4) is 0 Å². The fourth-order valence-electron chi connectivity index (χ4n) is 2.02. The van der Waals surface area contributed by atoms with Crippen molar-refractivity contribution in [2.45, 2.75) is 26.0 Å². The van der Waals surface area contributed by atoms with Crippen molar-refractivity contribution in [3.63, 3.8) is 0 Å². The van der Waals surface area contributed by atoms with Crippen molar-refractivity contribution in [3.8, 4) is 0 Å². The van der Waals surface area contributed by atoms with Gasteiger partial charge in [0.25, 0.3) is 11.8 Å². The summed E-state index contributed by atoms with van der Waals surface area (Å²) in [4.78, 5) is 36.6. The molecule has 2 aromatic rings. The first kappa shape index (κ1) is 19.9. The molecule has 0 radical (unpaired) electrons. The van der Waals surface area contributed by atoms with Gasteiger partial charge in [-0.05, 0) is 42.6 Å². The van der Waals surface area contributed by atoms with Gasteiger partial charge < -0.3 is 15.4 Å². The van der Waals surface area contributed by atoms with E-state index < -0.39 is 12.1 Å². The monoisotopic (exact) mass is 394 g/mol. The normalized spacial score (nSPS) is 11.5. The Kier molecular flexibility index (Phi) is 7.62. The second kappa shape index (κ2) is 9.94. The van der Waals surface area contributed by atoms with Gasteiger partial charge in [-0.25, -0.2) is 0 Å². The number of amides is 2. The Bertz CT molecular complexity index is 747. The highest BCUT2D eigenvalue weighted by atomic mass is 35.5. The third-order valence-corrected chi connectivity index (χ3v) is 4.54.